The van der Waals surface area contributed by atoms with Crippen molar-refractivity contribution in [3.63, 3.8) is 0 Å². The Kier molecular flexibility index (Phi) is 4.81. The first-order valence-electron chi connectivity index (χ1n) is 8.40. The molecule has 0 unspecified atom stereocenters. The molecule has 2 amide bonds. The van der Waals surface area contributed by atoms with Crippen LogP contribution in [0.1, 0.15) is 35.2 Å². The minimum absolute atomic E-state index is 0.0938. The van der Waals surface area contributed by atoms with Gasteiger partial charge in [0.1, 0.15) is 11.7 Å². The van der Waals surface area contributed by atoms with E-state index in [1.165, 1.54) is 17.9 Å². The lowest BCUT2D eigenvalue weighted by molar-refractivity contribution is -0.142. The van der Waals surface area contributed by atoms with E-state index in [1.807, 2.05) is 0 Å². The number of likely N-dealkylation sites (N-methyl/N-ethyl adjacent to an activating group) is 1. The predicted molar refractivity (Wildman–Crippen MR) is 88.8 cm³/mol. The van der Waals surface area contributed by atoms with Crippen molar-refractivity contribution in [2.45, 2.75) is 38.5 Å². The third kappa shape index (κ3) is 3.59. The van der Waals surface area contributed by atoms with Gasteiger partial charge in [0.05, 0.1) is 0 Å². The molecule has 8 nitrogen and oxygen atoms in total. The highest BCUT2D eigenvalue weighted by molar-refractivity contribution is 5.97. The molecular formula is C16H19F3N6O2. The third-order valence-corrected chi connectivity index (χ3v) is 4.31. The van der Waals surface area contributed by atoms with Gasteiger partial charge < -0.3 is 16.0 Å². The second-order valence-electron chi connectivity index (χ2n) is 6.44. The number of hydrogen-bond donors (Lipinski definition) is 2. The summed E-state index contributed by atoms with van der Waals surface area (Å²) >= 11 is 0. The van der Waals surface area contributed by atoms with Crippen molar-refractivity contribution in [1.82, 2.24) is 24.8 Å². The summed E-state index contributed by atoms with van der Waals surface area (Å²) in [6.45, 7) is 3.67. The Labute approximate surface area is 152 Å². The molecule has 0 saturated carbocycles. The van der Waals surface area contributed by atoms with Crippen LogP contribution in [0.15, 0.2) is 12.1 Å². The van der Waals surface area contributed by atoms with Crippen LogP contribution >= 0.6 is 0 Å². The van der Waals surface area contributed by atoms with Gasteiger partial charge in [-0.15, -0.1) is 0 Å². The Morgan fingerprint density at radius 3 is 2.70 bits per heavy atom. The lowest BCUT2D eigenvalue weighted by Crippen LogP contribution is -2.46. The summed E-state index contributed by atoms with van der Waals surface area (Å²) in [5, 5.41) is 6.43. The molecule has 1 saturated heterocycles. The number of alkyl halides is 3. The fourth-order valence-electron chi connectivity index (χ4n) is 3.19. The number of aryl methyl sites for hydroxylation is 1. The molecule has 1 fully saturated rings. The number of amides is 2. The highest BCUT2D eigenvalue weighted by Gasteiger charge is 2.40. The van der Waals surface area contributed by atoms with Crippen molar-refractivity contribution in [3.05, 3.63) is 29.2 Å². The molecule has 1 aliphatic heterocycles. The van der Waals surface area contributed by atoms with Crippen molar-refractivity contribution >= 4 is 17.5 Å². The molecule has 11 heteroatoms. The molecule has 27 heavy (non-hydrogen) atoms. The molecule has 3 N–H and O–H groups in total. The van der Waals surface area contributed by atoms with Crippen molar-refractivity contribution in [3.8, 4) is 0 Å². The van der Waals surface area contributed by atoms with E-state index >= 15 is 0 Å². The number of nitrogens with one attached hydrogen (secondary N) is 1. The molecule has 2 aromatic rings. The van der Waals surface area contributed by atoms with Crippen molar-refractivity contribution in [2.75, 3.05) is 13.1 Å². The van der Waals surface area contributed by atoms with E-state index in [0.717, 1.165) is 6.07 Å². The highest BCUT2D eigenvalue weighted by atomic mass is 19.4. The molecule has 1 aliphatic rings. The summed E-state index contributed by atoms with van der Waals surface area (Å²) in [4.78, 5) is 30.3. The minimum atomic E-state index is -4.65. The average molecular weight is 384 g/mol. The number of carbonyl (C=O) groups is 2. The summed E-state index contributed by atoms with van der Waals surface area (Å²) in [5.41, 5.74) is 4.69. The molecule has 0 aromatic carbocycles. The van der Waals surface area contributed by atoms with Crippen LogP contribution in [0.4, 0.5) is 13.2 Å². The second kappa shape index (κ2) is 6.80. The van der Waals surface area contributed by atoms with Gasteiger partial charge in [-0.25, -0.2) is 9.50 Å². The van der Waals surface area contributed by atoms with Gasteiger partial charge in [0, 0.05) is 30.9 Å². The van der Waals surface area contributed by atoms with E-state index in [4.69, 9.17) is 5.73 Å². The van der Waals surface area contributed by atoms with Crippen LogP contribution in [0.5, 0.6) is 0 Å². The summed E-state index contributed by atoms with van der Waals surface area (Å²) in [6, 6.07) is 0.861. The fraction of sp³-hybridized carbons (Fsp3) is 0.500. The van der Waals surface area contributed by atoms with Crippen LogP contribution in [-0.4, -0.2) is 56.5 Å². The topological polar surface area (TPSA) is 106 Å². The highest BCUT2D eigenvalue weighted by Crippen LogP contribution is 2.30. The van der Waals surface area contributed by atoms with Gasteiger partial charge in [-0.3, -0.25) is 9.59 Å². The van der Waals surface area contributed by atoms with Gasteiger partial charge in [0.15, 0.2) is 11.3 Å². The Morgan fingerprint density at radius 1 is 1.37 bits per heavy atom. The molecular weight excluding hydrogens is 365 g/mol. The average Bonchev–Trinajstić information content (AvgIpc) is 3.16. The molecule has 2 atom stereocenters. The largest absolute Gasteiger partial charge is 0.433 e. The number of nitrogens with two attached hydrogens (primary N) is 1. The number of aromatic nitrogens is 3. The molecule has 146 valence electrons. The number of nitrogens with zero attached hydrogens (tertiary/aromatic N) is 4. The Balaban J connectivity index is 1.99. The number of carbonyl (C=O) groups excluding carboxylic acids is 2. The second-order valence-corrected chi connectivity index (χ2v) is 6.44. The van der Waals surface area contributed by atoms with E-state index in [9.17, 15) is 22.8 Å². The van der Waals surface area contributed by atoms with Crippen LogP contribution in [-0.2, 0) is 11.0 Å². The zero-order chi connectivity index (χ0) is 19.9. The molecule has 2 aromatic heterocycles. The zero-order valence-electron chi connectivity index (χ0n) is 14.7. The van der Waals surface area contributed by atoms with E-state index in [1.54, 1.807) is 6.92 Å². The number of fused-ring (bicyclic) bond motifs is 1. The third-order valence-electron chi connectivity index (χ3n) is 4.31. The normalized spacial score (nSPS) is 20.3. The van der Waals surface area contributed by atoms with Gasteiger partial charge in [0.2, 0.25) is 5.91 Å². The lowest BCUT2D eigenvalue weighted by atomic mass is 10.1. The van der Waals surface area contributed by atoms with Crippen LogP contribution in [0.3, 0.4) is 0 Å². The van der Waals surface area contributed by atoms with Crippen molar-refractivity contribution in [2.24, 2.45) is 5.73 Å². The van der Waals surface area contributed by atoms with Crippen LogP contribution in [0.2, 0.25) is 0 Å². The Bertz CT molecular complexity index is 894. The Hall–Kier alpha value is -2.69. The van der Waals surface area contributed by atoms with E-state index in [0.29, 0.717) is 11.1 Å². The van der Waals surface area contributed by atoms with E-state index in [-0.39, 0.29) is 35.9 Å². The van der Waals surface area contributed by atoms with Crippen LogP contribution in [0.25, 0.3) is 5.65 Å². The SMILES string of the molecule is CCNC(=O)[C@@H]1C[C@@H](N)CN1C(=O)c1cc2nc(C)cc(C(F)(F)F)n2n1. The molecule has 3 rings (SSSR count). The molecule has 3 heterocycles. The van der Waals surface area contributed by atoms with E-state index < -0.39 is 29.9 Å². The van der Waals surface area contributed by atoms with Crippen molar-refractivity contribution in [1.29, 1.82) is 0 Å². The van der Waals surface area contributed by atoms with Gasteiger partial charge >= 0.3 is 6.18 Å². The molecule has 0 spiro atoms. The summed E-state index contributed by atoms with van der Waals surface area (Å²) < 4.78 is 40.4. The number of halogens is 3. The van der Waals surface area contributed by atoms with Gasteiger partial charge in [0.25, 0.3) is 5.91 Å². The maximum Gasteiger partial charge on any atom is 0.433 e. The number of hydrogen-bond acceptors (Lipinski definition) is 5. The van der Waals surface area contributed by atoms with Gasteiger partial charge in [-0.1, -0.05) is 0 Å². The summed E-state index contributed by atoms with van der Waals surface area (Å²) in [7, 11) is 0. The summed E-state index contributed by atoms with van der Waals surface area (Å²) in [6.07, 6.45) is -4.38. The molecule has 0 radical (unpaired) electrons. The zero-order valence-corrected chi connectivity index (χ0v) is 14.7. The van der Waals surface area contributed by atoms with Gasteiger partial charge in [-0.05, 0) is 26.3 Å². The Morgan fingerprint density at radius 2 is 2.07 bits per heavy atom. The standard InChI is InChI=1S/C16H19F3N6O2/c1-3-21-14(26)11-5-9(20)7-24(11)15(27)10-6-13-22-8(2)4-12(16(17,18)19)25(13)23-10/h4,6,9,11H,3,5,7,20H2,1-2H3,(H,21,26)/t9-,11+/m1/s1. The minimum Gasteiger partial charge on any atom is -0.355 e. The lowest BCUT2D eigenvalue weighted by Gasteiger charge is -2.22. The van der Waals surface area contributed by atoms with Crippen LogP contribution < -0.4 is 11.1 Å². The molecule has 0 aliphatic carbocycles. The van der Waals surface area contributed by atoms with Crippen LogP contribution in [0, 0.1) is 6.92 Å². The first-order valence-corrected chi connectivity index (χ1v) is 8.40. The smallest absolute Gasteiger partial charge is 0.355 e. The maximum absolute atomic E-state index is 13.3. The first-order chi connectivity index (χ1) is 12.6. The summed E-state index contributed by atoms with van der Waals surface area (Å²) in [5.74, 6) is -1.01. The van der Waals surface area contributed by atoms with E-state index in [2.05, 4.69) is 15.4 Å². The quantitative estimate of drug-likeness (QED) is 0.812. The fourth-order valence-corrected chi connectivity index (χ4v) is 3.19. The predicted octanol–water partition coefficient (Wildman–Crippen LogP) is 0.734. The van der Waals surface area contributed by atoms with Crippen molar-refractivity contribution < 1.29 is 22.8 Å². The number of rotatable bonds is 3. The maximum atomic E-state index is 13.3. The molecule has 0 bridgehead atoms. The number of likely N-dealkylation sites (tertiary alicyclic amines) is 1. The first kappa shape index (κ1) is 19.1. The monoisotopic (exact) mass is 384 g/mol. The van der Waals surface area contributed by atoms with Gasteiger partial charge in [-0.2, -0.15) is 18.3 Å².